The SMILES string of the molecule is CCOc1ccccc1C1CC(=O)Nc2c1cnn2-c1ccc(F)cc1. The number of halogens is 1. The average molecular weight is 351 g/mol. The van der Waals surface area contributed by atoms with E-state index in [1.807, 2.05) is 31.2 Å². The third-order valence-corrected chi connectivity index (χ3v) is 4.49. The fraction of sp³-hybridized carbons (Fsp3) is 0.200. The van der Waals surface area contributed by atoms with E-state index in [0.717, 1.165) is 16.9 Å². The first-order valence-electron chi connectivity index (χ1n) is 8.52. The number of anilines is 1. The largest absolute Gasteiger partial charge is 0.494 e. The summed E-state index contributed by atoms with van der Waals surface area (Å²) in [5.74, 6) is 0.843. The number of nitrogens with one attached hydrogen (secondary N) is 1. The lowest BCUT2D eigenvalue weighted by atomic mass is 9.87. The quantitative estimate of drug-likeness (QED) is 0.776. The van der Waals surface area contributed by atoms with Crippen LogP contribution in [0.2, 0.25) is 0 Å². The molecular formula is C20H18FN3O2. The highest BCUT2D eigenvalue weighted by Crippen LogP contribution is 2.41. The van der Waals surface area contributed by atoms with Gasteiger partial charge in [-0.3, -0.25) is 4.79 Å². The molecular weight excluding hydrogens is 333 g/mol. The molecule has 0 radical (unpaired) electrons. The predicted molar refractivity (Wildman–Crippen MR) is 96.2 cm³/mol. The van der Waals surface area contributed by atoms with Gasteiger partial charge in [0.05, 0.1) is 18.5 Å². The van der Waals surface area contributed by atoms with E-state index in [4.69, 9.17) is 4.74 Å². The smallest absolute Gasteiger partial charge is 0.226 e. The number of benzene rings is 2. The maximum absolute atomic E-state index is 13.2. The van der Waals surface area contributed by atoms with Crippen LogP contribution in [0.4, 0.5) is 10.2 Å². The van der Waals surface area contributed by atoms with Gasteiger partial charge in [0.1, 0.15) is 17.4 Å². The van der Waals surface area contributed by atoms with Gasteiger partial charge in [0.15, 0.2) is 0 Å². The van der Waals surface area contributed by atoms with Crippen LogP contribution >= 0.6 is 0 Å². The monoisotopic (exact) mass is 351 g/mol. The molecule has 0 aliphatic carbocycles. The molecule has 0 saturated carbocycles. The summed E-state index contributed by atoms with van der Waals surface area (Å²) < 4.78 is 20.6. The Kier molecular flexibility index (Phi) is 4.16. The second kappa shape index (κ2) is 6.63. The standard InChI is InChI=1S/C20H18FN3O2/c1-2-26-18-6-4-3-5-15(18)16-11-19(25)23-20-17(16)12-22-24(20)14-9-7-13(21)8-10-14/h3-10,12,16H,2,11H2,1H3,(H,23,25). The van der Waals surface area contributed by atoms with Crippen LogP contribution < -0.4 is 10.1 Å². The second-order valence-electron chi connectivity index (χ2n) is 6.11. The molecule has 1 amide bonds. The maximum Gasteiger partial charge on any atom is 0.226 e. The Morgan fingerprint density at radius 1 is 1.19 bits per heavy atom. The molecule has 5 nitrogen and oxygen atoms in total. The number of ether oxygens (including phenoxy) is 1. The van der Waals surface area contributed by atoms with E-state index < -0.39 is 0 Å². The summed E-state index contributed by atoms with van der Waals surface area (Å²) in [7, 11) is 0. The van der Waals surface area contributed by atoms with Crippen molar-refractivity contribution in [2.45, 2.75) is 19.3 Å². The van der Waals surface area contributed by atoms with Gasteiger partial charge in [0.2, 0.25) is 5.91 Å². The molecule has 1 atom stereocenters. The van der Waals surface area contributed by atoms with Crippen LogP contribution in [-0.2, 0) is 4.79 Å². The second-order valence-corrected chi connectivity index (χ2v) is 6.11. The van der Waals surface area contributed by atoms with Gasteiger partial charge in [0, 0.05) is 23.5 Å². The van der Waals surface area contributed by atoms with Crippen LogP contribution in [-0.4, -0.2) is 22.3 Å². The molecule has 0 saturated heterocycles. The molecule has 0 fully saturated rings. The van der Waals surface area contributed by atoms with Crippen molar-refractivity contribution < 1.29 is 13.9 Å². The van der Waals surface area contributed by atoms with E-state index in [9.17, 15) is 9.18 Å². The van der Waals surface area contributed by atoms with Crippen LogP contribution in [0.15, 0.2) is 54.7 Å². The number of hydrogen-bond acceptors (Lipinski definition) is 3. The first kappa shape index (κ1) is 16.3. The van der Waals surface area contributed by atoms with Gasteiger partial charge in [-0.2, -0.15) is 5.10 Å². The first-order valence-corrected chi connectivity index (χ1v) is 8.52. The molecule has 1 aromatic heterocycles. The van der Waals surface area contributed by atoms with Crippen molar-refractivity contribution in [2.75, 3.05) is 11.9 Å². The first-order chi connectivity index (χ1) is 12.7. The van der Waals surface area contributed by atoms with Crippen molar-refractivity contribution in [2.24, 2.45) is 0 Å². The van der Waals surface area contributed by atoms with Crippen LogP contribution in [0.25, 0.3) is 5.69 Å². The Balaban J connectivity index is 1.80. The van der Waals surface area contributed by atoms with Gasteiger partial charge in [-0.05, 0) is 37.3 Å². The Hall–Kier alpha value is -3.15. The van der Waals surface area contributed by atoms with Crippen molar-refractivity contribution in [3.8, 4) is 11.4 Å². The summed E-state index contributed by atoms with van der Waals surface area (Å²) in [5, 5.41) is 7.32. The van der Waals surface area contributed by atoms with E-state index in [-0.39, 0.29) is 17.6 Å². The Morgan fingerprint density at radius 2 is 1.96 bits per heavy atom. The van der Waals surface area contributed by atoms with Gasteiger partial charge in [0.25, 0.3) is 0 Å². The number of fused-ring (bicyclic) bond motifs is 1. The van der Waals surface area contributed by atoms with Crippen LogP contribution in [0.5, 0.6) is 5.75 Å². The normalized spacial score (nSPS) is 16.1. The topological polar surface area (TPSA) is 56.1 Å². The van der Waals surface area contributed by atoms with Crippen molar-refractivity contribution in [3.63, 3.8) is 0 Å². The number of amides is 1. The molecule has 1 aliphatic heterocycles. The van der Waals surface area contributed by atoms with Crippen LogP contribution in [0.3, 0.4) is 0 Å². The molecule has 4 rings (SSSR count). The minimum Gasteiger partial charge on any atom is -0.494 e. The molecule has 0 spiro atoms. The molecule has 26 heavy (non-hydrogen) atoms. The van der Waals surface area contributed by atoms with Crippen molar-refractivity contribution in [3.05, 3.63) is 71.7 Å². The number of carbonyl (C=O) groups is 1. The molecule has 6 heteroatoms. The minimum absolute atomic E-state index is 0.0855. The fourth-order valence-electron chi connectivity index (χ4n) is 3.33. The molecule has 2 heterocycles. The van der Waals surface area contributed by atoms with Gasteiger partial charge < -0.3 is 10.1 Å². The molecule has 1 N–H and O–H groups in total. The summed E-state index contributed by atoms with van der Waals surface area (Å²) in [6, 6.07) is 13.8. The van der Waals surface area contributed by atoms with E-state index in [1.54, 1.807) is 23.0 Å². The van der Waals surface area contributed by atoms with E-state index >= 15 is 0 Å². The van der Waals surface area contributed by atoms with Gasteiger partial charge >= 0.3 is 0 Å². The molecule has 1 aliphatic rings. The van der Waals surface area contributed by atoms with E-state index in [0.29, 0.717) is 24.5 Å². The number of rotatable bonds is 4. The lowest BCUT2D eigenvalue weighted by Crippen LogP contribution is -2.24. The summed E-state index contributed by atoms with van der Waals surface area (Å²) in [6.07, 6.45) is 2.08. The van der Waals surface area contributed by atoms with Crippen LogP contribution in [0, 0.1) is 5.82 Å². The highest BCUT2D eigenvalue weighted by Gasteiger charge is 2.32. The van der Waals surface area contributed by atoms with E-state index in [1.165, 1.54) is 12.1 Å². The van der Waals surface area contributed by atoms with Crippen molar-refractivity contribution in [1.82, 2.24) is 9.78 Å². The average Bonchev–Trinajstić information content (AvgIpc) is 3.06. The van der Waals surface area contributed by atoms with Gasteiger partial charge in [-0.1, -0.05) is 18.2 Å². The van der Waals surface area contributed by atoms with Gasteiger partial charge in [-0.15, -0.1) is 0 Å². The lowest BCUT2D eigenvalue weighted by Gasteiger charge is -2.25. The number of carbonyl (C=O) groups excluding carboxylic acids is 1. The highest BCUT2D eigenvalue weighted by atomic mass is 19.1. The third kappa shape index (κ3) is 2.83. The van der Waals surface area contributed by atoms with Crippen molar-refractivity contribution in [1.29, 1.82) is 0 Å². The summed E-state index contributed by atoms with van der Waals surface area (Å²) in [5.41, 5.74) is 2.57. The van der Waals surface area contributed by atoms with Gasteiger partial charge in [-0.25, -0.2) is 9.07 Å². The van der Waals surface area contributed by atoms with Crippen LogP contribution in [0.1, 0.15) is 30.4 Å². The zero-order valence-electron chi connectivity index (χ0n) is 14.3. The molecule has 1 unspecified atom stereocenters. The summed E-state index contributed by atoms with van der Waals surface area (Å²) in [6.45, 7) is 2.49. The molecule has 0 bridgehead atoms. The molecule has 3 aromatic rings. The number of hydrogen-bond donors (Lipinski definition) is 1. The molecule has 132 valence electrons. The molecule has 2 aromatic carbocycles. The Labute approximate surface area is 150 Å². The zero-order valence-corrected chi connectivity index (χ0v) is 14.3. The Bertz CT molecular complexity index is 950. The highest BCUT2D eigenvalue weighted by molar-refractivity contribution is 5.94. The fourth-order valence-corrected chi connectivity index (χ4v) is 3.33. The van der Waals surface area contributed by atoms with Crippen molar-refractivity contribution >= 4 is 11.7 Å². The predicted octanol–water partition coefficient (Wildman–Crippen LogP) is 3.88. The Morgan fingerprint density at radius 3 is 2.73 bits per heavy atom. The number of nitrogens with zero attached hydrogens (tertiary/aromatic N) is 2. The summed E-state index contributed by atoms with van der Waals surface area (Å²) in [4.78, 5) is 12.4. The number of aromatic nitrogens is 2. The maximum atomic E-state index is 13.2. The summed E-state index contributed by atoms with van der Waals surface area (Å²) >= 11 is 0. The zero-order chi connectivity index (χ0) is 18.1. The minimum atomic E-state index is -0.317. The third-order valence-electron chi connectivity index (χ3n) is 4.49. The lowest BCUT2D eigenvalue weighted by molar-refractivity contribution is -0.116. The number of para-hydroxylation sites is 1. The van der Waals surface area contributed by atoms with E-state index in [2.05, 4.69) is 10.4 Å².